The van der Waals surface area contributed by atoms with E-state index in [1.807, 2.05) is 0 Å². The van der Waals surface area contributed by atoms with Gasteiger partial charge in [0.2, 0.25) is 5.69 Å². The molecule has 0 saturated carbocycles. The zero-order valence-electron chi connectivity index (χ0n) is 70.3. The molecule has 9 nitrogen and oxygen atoms in total. The van der Waals surface area contributed by atoms with E-state index in [4.69, 9.17) is 13.2 Å². The fourth-order valence-electron chi connectivity index (χ4n) is 18.5. The number of nitriles is 3. The molecule has 0 saturated heterocycles. The molecule has 5 heterocycles. The van der Waals surface area contributed by atoms with Crippen molar-refractivity contribution in [2.24, 2.45) is 0 Å². The molecule has 0 amide bonds. The Balaban J connectivity index is 0.000000250. The second kappa shape index (κ2) is 32.6. The number of nitrogens with one attached hydrogen (secondary N) is 1. The summed E-state index contributed by atoms with van der Waals surface area (Å²) in [5.41, 5.74) is 25.8. The SMILES string of the molecule is CC1(C)c2ccccc2N(c2cc(N3c4ccccc4C(C)(C)c4ccccc43)c(-c3cc(C#N)c(N4c5ccccc5C(C)(C)c5ccccc54)cc3N3c4ccccc4C(C)(C)c4ccccc43)cc2C#N)c2ccccc21.CC1(C)c2ccccc2Nc2ccccc21.[2H]CF.[C-]#[N+]c1cc(-c2cc(C#N)c(F)cc2F)c(F)cc1F.[H-].[I-].[Na+]. The van der Waals surface area contributed by atoms with Crippen LogP contribution in [-0.4, -0.2) is 7.15 Å². The second-order valence-corrected chi connectivity index (χ2v) is 32.6. The molecular weight excluding hydrogens is 1620 g/mol. The molecule has 5 aliphatic rings. The maximum absolute atomic E-state index is 13.7. The zero-order chi connectivity index (χ0) is 83.8. The first-order chi connectivity index (χ1) is 57.3. The van der Waals surface area contributed by atoms with E-state index >= 15 is 0 Å². The van der Waals surface area contributed by atoms with Gasteiger partial charge in [-0.1, -0.05) is 251 Å². The maximum atomic E-state index is 13.7. The van der Waals surface area contributed by atoms with E-state index in [-0.39, 0.29) is 82.0 Å². The fourth-order valence-corrected chi connectivity index (χ4v) is 18.5. The maximum Gasteiger partial charge on any atom is 1.00 e. The third kappa shape index (κ3) is 13.7. The van der Waals surface area contributed by atoms with E-state index in [1.165, 1.54) is 73.1 Å². The molecule has 16 heteroatoms. The van der Waals surface area contributed by atoms with Crippen LogP contribution in [0.15, 0.2) is 291 Å². The average Bonchev–Trinajstić information content (AvgIpc) is 0.702. The van der Waals surface area contributed by atoms with Gasteiger partial charge in [0.25, 0.3) is 0 Å². The monoisotopic (exact) mass is 1700 g/mol. The summed E-state index contributed by atoms with van der Waals surface area (Å²) in [6.45, 7) is 29.7. The Kier molecular flexibility index (Phi) is 22.4. The van der Waals surface area contributed by atoms with E-state index in [2.05, 4.69) is 378 Å². The first-order valence-corrected chi connectivity index (χ1v) is 39.0. The van der Waals surface area contributed by atoms with E-state index < -0.39 is 52.8 Å². The van der Waals surface area contributed by atoms with Gasteiger partial charge in [0, 0.05) is 66.8 Å². The number of anilines is 14. The summed E-state index contributed by atoms with van der Waals surface area (Å²) in [7, 11) is -1.00. The van der Waals surface area contributed by atoms with E-state index in [1.54, 1.807) is 0 Å². The van der Waals surface area contributed by atoms with Crippen LogP contribution in [0.4, 0.5) is 107 Å². The molecule has 19 rings (SSSR count). The van der Waals surface area contributed by atoms with Crippen molar-refractivity contribution >= 4 is 85.3 Å². The van der Waals surface area contributed by atoms with Crippen LogP contribution in [0, 0.1) is 63.8 Å². The summed E-state index contributed by atoms with van der Waals surface area (Å²) < 4.78 is 69.3. The van der Waals surface area contributed by atoms with Crippen molar-refractivity contribution in [1.82, 2.24) is 0 Å². The second-order valence-electron chi connectivity index (χ2n) is 32.6. The molecule has 0 bridgehead atoms. The number of para-hydroxylation sites is 10. The van der Waals surface area contributed by atoms with Gasteiger partial charge in [-0.25, -0.2) is 22.4 Å². The summed E-state index contributed by atoms with van der Waals surface area (Å²) in [4.78, 5) is 12.3. The summed E-state index contributed by atoms with van der Waals surface area (Å²) >= 11 is 0. The minimum atomic E-state index is -1.11. The molecule has 0 aromatic heterocycles. The average molecular weight is 1700 g/mol. The Hall–Kier alpha value is -12.6. The zero-order valence-corrected chi connectivity index (χ0v) is 72.4. The van der Waals surface area contributed by atoms with Crippen molar-refractivity contribution in [2.45, 2.75) is 96.3 Å². The largest absolute Gasteiger partial charge is 1.00 e. The van der Waals surface area contributed by atoms with Gasteiger partial charge >= 0.3 is 29.6 Å². The van der Waals surface area contributed by atoms with Crippen LogP contribution in [0.25, 0.3) is 27.1 Å². The Morgan fingerprint density at radius 2 is 0.533 bits per heavy atom. The van der Waals surface area contributed by atoms with E-state index in [9.17, 15) is 32.5 Å². The Bertz CT molecular complexity index is 6060. The molecule has 0 radical (unpaired) electrons. The molecule has 120 heavy (non-hydrogen) atoms. The van der Waals surface area contributed by atoms with Gasteiger partial charge in [0.15, 0.2) is 0 Å². The number of nitrogens with zero attached hydrogens (tertiary/aromatic N) is 8. The third-order valence-corrected chi connectivity index (χ3v) is 24.4. The standard InChI is InChI=1S/C74H60N6.C15H15N.C14H4F4N2.CH3F.HI.Na.H/c1-71(2)51-25-9-17-33-59(51)77(60-34-18-10-26-52(60)71)67-43-69(79-63-37-21-13-29-55(63)73(5,6)56-30-14-22-38-64(56)79)49(41-47(67)45-75)50-42-48(46-76)68(78-61-35-19-11-27-53(61)72(3,4)54-28-12-20-36-62(54)78)44-70(50)80-65-39-23-15-31-57(65)74(7,8)58-32-16-24-40-66(58)80;1-15(2)11-7-3-5-9-13(11)16-14-10-6-4-8-12(14)15;1-20-14-3-9(12(17)5-13(14)18)8-2-7(6-19)10(15)4-11(8)16;1-2;;;/h9-44H,1-8H3;3-10,16H,1-2H3;2-5H;1H3;1H;;/q;;;;;+1;-1/p-1/i;;;1D;;;. The van der Waals surface area contributed by atoms with Gasteiger partial charge in [-0.2, -0.15) is 15.8 Å². The van der Waals surface area contributed by atoms with Crippen molar-refractivity contribution in [3.05, 3.63) is 398 Å². The van der Waals surface area contributed by atoms with E-state index in [0.29, 0.717) is 23.3 Å². The topological polar surface area (TPSA) is 101 Å². The molecule has 0 aliphatic carbocycles. The predicted molar refractivity (Wildman–Crippen MR) is 468 cm³/mol. The minimum Gasteiger partial charge on any atom is -1.00 e. The van der Waals surface area contributed by atoms with Crippen LogP contribution < -0.4 is 78.5 Å². The Labute approximate surface area is 740 Å². The smallest absolute Gasteiger partial charge is 1.00 e. The van der Waals surface area contributed by atoms with Crippen LogP contribution >= 0.6 is 0 Å². The third-order valence-electron chi connectivity index (χ3n) is 24.4. The normalized spacial score (nSPS) is 14.6. The van der Waals surface area contributed by atoms with Crippen molar-refractivity contribution in [1.29, 1.82) is 15.8 Å². The van der Waals surface area contributed by atoms with Gasteiger partial charge in [-0.15, -0.1) is 0 Å². The molecule has 0 spiro atoms. The van der Waals surface area contributed by atoms with Crippen LogP contribution in [0.1, 0.15) is 144 Å². The number of halogens is 6. The summed E-state index contributed by atoms with van der Waals surface area (Å²) in [5, 5.41) is 36.0. The van der Waals surface area contributed by atoms with Gasteiger partial charge in [-0.05, 0) is 159 Å². The van der Waals surface area contributed by atoms with Gasteiger partial charge < -0.3 is 50.3 Å². The first-order valence-electron chi connectivity index (χ1n) is 39.7. The molecular formula is C104H83F5IN9Na-. The van der Waals surface area contributed by atoms with Crippen molar-refractivity contribution < 1.29 is 78.3 Å². The summed E-state index contributed by atoms with van der Waals surface area (Å²) in [6, 6.07) is 105. The van der Waals surface area contributed by atoms with Crippen LogP contribution in [0.3, 0.4) is 0 Å². The molecule has 588 valence electrons. The molecule has 14 aromatic rings. The predicted octanol–water partition coefficient (Wildman–Crippen LogP) is 22.6. The number of hydrogen-bond acceptors (Lipinski definition) is 8. The number of alkyl halides is 1. The number of fused-ring (bicyclic) bond motifs is 10. The van der Waals surface area contributed by atoms with Crippen LogP contribution in [0.5, 0.6) is 0 Å². The first kappa shape index (κ1) is 82.5. The molecule has 14 aromatic carbocycles. The molecule has 0 atom stereocenters. The van der Waals surface area contributed by atoms with Crippen LogP contribution in [-0.2, 0) is 27.1 Å². The number of rotatable bonds is 6. The number of benzene rings is 14. The summed E-state index contributed by atoms with van der Waals surface area (Å²) in [5.74, 6) is -4.38. The van der Waals surface area contributed by atoms with Gasteiger partial charge in [-0.3, -0.25) is 4.39 Å². The van der Waals surface area contributed by atoms with Crippen molar-refractivity contribution in [3.63, 3.8) is 0 Å². The van der Waals surface area contributed by atoms with Crippen molar-refractivity contribution in [2.75, 3.05) is 32.1 Å². The van der Waals surface area contributed by atoms with Crippen LogP contribution in [0.2, 0.25) is 0 Å². The molecule has 0 unspecified atom stereocenters. The molecule has 0 fully saturated rings. The van der Waals surface area contributed by atoms with Gasteiger partial charge in [0.1, 0.15) is 41.5 Å². The van der Waals surface area contributed by atoms with Crippen molar-refractivity contribution in [3.8, 4) is 40.5 Å². The quantitative estimate of drug-likeness (QED) is 0.0761. The van der Waals surface area contributed by atoms with E-state index in [0.717, 1.165) is 91.5 Å². The summed E-state index contributed by atoms with van der Waals surface area (Å²) in [6.07, 6.45) is 0. The molecule has 1 N–H and O–H groups in total. The Morgan fingerprint density at radius 3 is 0.808 bits per heavy atom. The van der Waals surface area contributed by atoms with Gasteiger partial charge in [0.05, 0.1) is 100 Å². The Morgan fingerprint density at radius 1 is 0.308 bits per heavy atom. The minimum absolute atomic E-state index is 0. The number of hydrogen-bond donors (Lipinski definition) is 1. The fraction of sp³-hybridized carbons (Fsp3) is 0.154. The molecule has 5 aliphatic heterocycles.